The fraction of sp³-hybridized carbons (Fsp3) is 0.167. The monoisotopic (exact) mass is 522 g/mol. The maximum atomic E-state index is 12.5. The van der Waals surface area contributed by atoms with Crippen molar-refractivity contribution in [1.29, 1.82) is 0 Å². The third-order valence-electron chi connectivity index (χ3n) is 3.73. The first-order valence-electron chi connectivity index (χ1n) is 7.13. The van der Waals surface area contributed by atoms with Gasteiger partial charge in [0.05, 0.1) is 5.56 Å². The Labute approximate surface area is 170 Å². The van der Waals surface area contributed by atoms with Crippen LogP contribution in [0, 0.1) is 51.0 Å². The summed E-state index contributed by atoms with van der Waals surface area (Å²) in [5, 5.41) is 10.3. The van der Waals surface area contributed by atoms with Crippen LogP contribution in [0.2, 0.25) is 0 Å². The van der Waals surface area contributed by atoms with E-state index in [4.69, 9.17) is 4.74 Å². The molecule has 1 heterocycles. The van der Waals surface area contributed by atoms with Gasteiger partial charge >= 0.3 is 5.97 Å². The average Bonchev–Trinajstić information content (AvgIpc) is 2.83. The van der Waals surface area contributed by atoms with Crippen LogP contribution < -0.4 is 0 Å². The van der Waals surface area contributed by atoms with E-state index in [-0.39, 0.29) is 55.9 Å². The molecule has 0 aliphatic rings. The summed E-state index contributed by atoms with van der Waals surface area (Å²) in [4.78, 5) is 15.6. The van der Waals surface area contributed by atoms with E-state index in [1.165, 1.54) is 0 Å². The third-order valence-corrected chi connectivity index (χ3v) is 3.73. The van der Waals surface area contributed by atoms with Crippen LogP contribution >= 0.6 is 0 Å². The van der Waals surface area contributed by atoms with Crippen molar-refractivity contribution in [1.82, 2.24) is 4.98 Å². The number of carbonyl (C=O) groups excluding carboxylic acids is 1. The fourth-order valence-corrected chi connectivity index (χ4v) is 2.59. The van der Waals surface area contributed by atoms with Crippen molar-refractivity contribution in [3.63, 3.8) is 0 Å². The summed E-state index contributed by atoms with van der Waals surface area (Å²) in [6, 6.07) is 14.5. The van der Waals surface area contributed by atoms with E-state index in [0.29, 0.717) is 10.9 Å². The summed E-state index contributed by atoms with van der Waals surface area (Å²) in [6.45, 7) is 3.66. The van der Waals surface area contributed by atoms with E-state index in [9.17, 15) is 9.90 Å². The first kappa shape index (κ1) is 18.0. The van der Waals surface area contributed by atoms with E-state index in [1.54, 1.807) is 18.2 Å². The van der Waals surface area contributed by atoms with Crippen LogP contribution in [0.5, 0.6) is 5.75 Å². The number of fused-ring (bicyclic) bond motifs is 1. The number of carbonyl (C=O) groups is 1. The minimum atomic E-state index is -0.397. The van der Waals surface area contributed by atoms with E-state index in [1.807, 2.05) is 44.2 Å². The number of benzene rings is 2. The molecule has 2 aromatic carbocycles. The molecule has 0 fully saturated rings. The zero-order valence-electron chi connectivity index (χ0n) is 13.0. The van der Waals surface area contributed by atoms with Gasteiger partial charge in [-0.3, -0.25) is 0 Å². The first-order valence-corrected chi connectivity index (χ1v) is 7.13. The Balaban J connectivity index is 0.00000192. The molecule has 0 aliphatic carbocycles. The molecule has 3 aromatic rings. The molecular formula is C18H17AcNO3. The van der Waals surface area contributed by atoms with Crippen molar-refractivity contribution >= 4 is 16.9 Å². The predicted octanol–water partition coefficient (Wildman–Crippen LogP) is 4.10. The molecule has 3 rings (SSSR count). The van der Waals surface area contributed by atoms with Crippen molar-refractivity contribution in [3.8, 4) is 5.75 Å². The molecular weight excluding hydrogens is 505 g/mol. The number of H-pyrrole nitrogens is 1. The summed E-state index contributed by atoms with van der Waals surface area (Å²) in [5.41, 5.74) is 2.94. The van der Waals surface area contributed by atoms with Gasteiger partial charge in [0, 0.05) is 60.7 Å². The number of aromatic nitrogens is 1. The first-order chi connectivity index (χ1) is 10.6. The van der Waals surface area contributed by atoms with Crippen molar-refractivity contribution in [2.75, 3.05) is 0 Å². The molecule has 1 aromatic heterocycles. The van der Waals surface area contributed by atoms with Crippen LogP contribution in [-0.4, -0.2) is 16.1 Å². The Bertz CT molecular complexity index is 827. The van der Waals surface area contributed by atoms with Crippen LogP contribution in [0.25, 0.3) is 10.9 Å². The van der Waals surface area contributed by atoms with Crippen molar-refractivity contribution < 1.29 is 58.7 Å². The molecule has 0 aliphatic heterocycles. The number of esters is 1. The Kier molecular flexibility index (Phi) is 5.89. The fourth-order valence-electron chi connectivity index (χ4n) is 2.59. The van der Waals surface area contributed by atoms with Crippen LogP contribution in [-0.2, 0) is 4.74 Å². The SMILES string of the molecule is Cc1[nH]c2ccc(O)cc2c1C(=O)OC(C)c1ccccc1.[Ac]. The van der Waals surface area contributed by atoms with Gasteiger partial charge in [-0.25, -0.2) is 4.79 Å². The second-order valence-corrected chi connectivity index (χ2v) is 5.31. The van der Waals surface area contributed by atoms with Crippen molar-refractivity contribution in [2.24, 2.45) is 0 Å². The standard InChI is InChI=1S/C18H17NO3.Ac/c1-11-17(15-10-14(20)8-9-16(15)19-11)18(21)22-12(2)13-6-4-3-5-7-13;/h3-10,12,19-20H,1-2H3;. The molecule has 0 saturated carbocycles. The number of ether oxygens (including phenoxy) is 1. The summed E-state index contributed by atoms with van der Waals surface area (Å²) < 4.78 is 5.57. The molecule has 115 valence electrons. The average molecular weight is 522 g/mol. The Morgan fingerprint density at radius 2 is 1.87 bits per heavy atom. The predicted molar refractivity (Wildman–Crippen MR) is 85.0 cm³/mol. The molecule has 1 unspecified atom stereocenters. The Morgan fingerprint density at radius 1 is 1.17 bits per heavy atom. The summed E-state index contributed by atoms with van der Waals surface area (Å²) in [6.07, 6.45) is -0.338. The number of nitrogens with one attached hydrogen (secondary N) is 1. The van der Waals surface area contributed by atoms with Gasteiger partial charge in [0.1, 0.15) is 11.9 Å². The number of hydrogen-bond donors (Lipinski definition) is 2. The number of aromatic amines is 1. The molecule has 23 heavy (non-hydrogen) atoms. The van der Waals surface area contributed by atoms with Gasteiger partial charge < -0.3 is 14.8 Å². The van der Waals surface area contributed by atoms with Gasteiger partial charge in [0.2, 0.25) is 0 Å². The largest absolute Gasteiger partial charge is 0.508 e. The maximum absolute atomic E-state index is 12.5. The zero-order valence-corrected chi connectivity index (χ0v) is 17.8. The van der Waals surface area contributed by atoms with Crippen LogP contribution in [0.3, 0.4) is 0 Å². The second-order valence-electron chi connectivity index (χ2n) is 5.31. The Hall–Kier alpha value is -1.31. The summed E-state index contributed by atoms with van der Waals surface area (Å²) >= 11 is 0. The minimum Gasteiger partial charge on any atom is -0.508 e. The van der Waals surface area contributed by atoms with Gasteiger partial charge in [-0.15, -0.1) is 0 Å². The normalized spacial score (nSPS) is 11.7. The number of phenols is 1. The topological polar surface area (TPSA) is 62.3 Å². The van der Waals surface area contributed by atoms with E-state index >= 15 is 0 Å². The van der Waals surface area contributed by atoms with Gasteiger partial charge in [0.25, 0.3) is 0 Å². The maximum Gasteiger partial charge on any atom is 0.341 e. The second kappa shape index (κ2) is 7.51. The van der Waals surface area contributed by atoms with Crippen molar-refractivity contribution in [2.45, 2.75) is 20.0 Å². The number of phenolic OH excluding ortho intramolecular Hbond substituents is 1. The number of aromatic hydroxyl groups is 1. The van der Waals surface area contributed by atoms with Crippen LogP contribution in [0.4, 0.5) is 0 Å². The van der Waals surface area contributed by atoms with E-state index in [2.05, 4.69) is 4.98 Å². The van der Waals surface area contributed by atoms with Crippen molar-refractivity contribution in [3.05, 3.63) is 65.4 Å². The number of rotatable bonds is 3. The third kappa shape index (κ3) is 3.79. The van der Waals surface area contributed by atoms with Gasteiger partial charge in [-0.1, -0.05) is 30.3 Å². The molecule has 1 radical (unpaired) electrons. The van der Waals surface area contributed by atoms with E-state index < -0.39 is 5.97 Å². The summed E-state index contributed by atoms with van der Waals surface area (Å²) in [5.74, 6) is -0.276. The molecule has 1 atom stereocenters. The summed E-state index contributed by atoms with van der Waals surface area (Å²) in [7, 11) is 0. The molecule has 0 spiro atoms. The zero-order chi connectivity index (χ0) is 15.7. The molecule has 0 saturated heterocycles. The molecule has 2 N–H and O–H groups in total. The van der Waals surface area contributed by atoms with Crippen LogP contribution in [0.1, 0.15) is 34.6 Å². The molecule has 0 bridgehead atoms. The number of aryl methyl sites for hydroxylation is 1. The minimum absolute atomic E-state index is 0. The Morgan fingerprint density at radius 3 is 2.57 bits per heavy atom. The van der Waals surface area contributed by atoms with Gasteiger partial charge in [-0.2, -0.15) is 0 Å². The van der Waals surface area contributed by atoms with E-state index in [0.717, 1.165) is 16.8 Å². The molecule has 0 amide bonds. The number of hydrogen-bond acceptors (Lipinski definition) is 3. The van der Waals surface area contributed by atoms with Gasteiger partial charge in [-0.05, 0) is 37.6 Å². The van der Waals surface area contributed by atoms with Crippen LogP contribution in [0.15, 0.2) is 48.5 Å². The quantitative estimate of drug-likeness (QED) is 0.510. The molecule has 5 heteroatoms. The van der Waals surface area contributed by atoms with Gasteiger partial charge in [0.15, 0.2) is 0 Å². The molecule has 4 nitrogen and oxygen atoms in total. The smallest absolute Gasteiger partial charge is 0.341 e.